The Kier molecular flexibility index (Phi) is 7.00. The lowest BCUT2D eigenvalue weighted by molar-refractivity contribution is -0.0504. The molecular weight excluding hydrogens is 388 g/mol. The van der Waals surface area contributed by atoms with Crippen molar-refractivity contribution in [1.82, 2.24) is 20.4 Å². The molecule has 0 fully saturated rings. The number of para-hydroxylation sites is 2. The summed E-state index contributed by atoms with van der Waals surface area (Å²) in [6.07, 6.45) is 0. The van der Waals surface area contributed by atoms with Gasteiger partial charge in [0.05, 0.1) is 11.4 Å². The minimum atomic E-state index is -2.87. The number of benzene rings is 2. The smallest absolute Gasteiger partial charge is 0.387 e. The van der Waals surface area contributed by atoms with Crippen molar-refractivity contribution >= 4 is 5.96 Å². The fourth-order valence-corrected chi connectivity index (χ4v) is 3.18. The van der Waals surface area contributed by atoms with Crippen LogP contribution in [0.3, 0.4) is 0 Å². The van der Waals surface area contributed by atoms with Crippen LogP contribution in [0.25, 0.3) is 5.69 Å². The van der Waals surface area contributed by atoms with Crippen LogP contribution in [-0.2, 0) is 13.1 Å². The SMILES string of the molecule is CN=C(NCc1ccccc1OC(F)F)NCc1ccccc1-n1nc(C)cc1C. The number of halogens is 2. The molecule has 8 heteroatoms. The Morgan fingerprint density at radius 1 is 1.03 bits per heavy atom. The highest BCUT2D eigenvalue weighted by atomic mass is 19.3. The molecule has 3 aromatic rings. The minimum absolute atomic E-state index is 0.144. The third-order valence-electron chi connectivity index (χ3n) is 4.53. The molecule has 0 aliphatic rings. The quantitative estimate of drug-likeness (QED) is 0.455. The molecule has 0 saturated carbocycles. The second kappa shape index (κ2) is 9.87. The van der Waals surface area contributed by atoms with Crippen molar-refractivity contribution in [3.8, 4) is 11.4 Å². The molecule has 0 radical (unpaired) electrons. The summed E-state index contributed by atoms with van der Waals surface area (Å²) in [6.45, 7) is 1.93. The number of rotatable bonds is 7. The topological polar surface area (TPSA) is 63.5 Å². The molecule has 0 amide bonds. The van der Waals surface area contributed by atoms with Gasteiger partial charge in [0.15, 0.2) is 5.96 Å². The lowest BCUT2D eigenvalue weighted by Crippen LogP contribution is -2.36. The standard InChI is InChI=1S/C22H25F2N5O/c1-15-12-16(2)29(28-15)19-10-6-4-8-17(19)13-26-22(25-3)27-14-18-9-5-7-11-20(18)30-21(23)24/h4-12,21H,13-14H2,1-3H3,(H2,25,26,27). The first-order valence-electron chi connectivity index (χ1n) is 9.56. The summed E-state index contributed by atoms with van der Waals surface area (Å²) in [5.74, 6) is 0.690. The van der Waals surface area contributed by atoms with Gasteiger partial charge < -0.3 is 15.4 Å². The van der Waals surface area contributed by atoms with Crippen LogP contribution in [0.1, 0.15) is 22.5 Å². The highest BCUT2D eigenvalue weighted by molar-refractivity contribution is 5.79. The van der Waals surface area contributed by atoms with Gasteiger partial charge in [0.25, 0.3) is 0 Å². The van der Waals surface area contributed by atoms with Crippen LogP contribution in [0.5, 0.6) is 5.75 Å². The van der Waals surface area contributed by atoms with Crippen molar-refractivity contribution in [3.05, 3.63) is 77.1 Å². The van der Waals surface area contributed by atoms with E-state index in [1.165, 1.54) is 6.07 Å². The van der Waals surface area contributed by atoms with Gasteiger partial charge >= 0.3 is 6.61 Å². The zero-order chi connectivity index (χ0) is 21.5. The lowest BCUT2D eigenvalue weighted by atomic mass is 10.1. The van der Waals surface area contributed by atoms with E-state index in [0.717, 1.165) is 22.6 Å². The van der Waals surface area contributed by atoms with Crippen LogP contribution in [0.4, 0.5) is 8.78 Å². The van der Waals surface area contributed by atoms with Crippen LogP contribution in [0.15, 0.2) is 59.6 Å². The van der Waals surface area contributed by atoms with E-state index in [1.807, 2.05) is 48.9 Å². The van der Waals surface area contributed by atoms with E-state index in [2.05, 4.69) is 25.5 Å². The van der Waals surface area contributed by atoms with Crippen LogP contribution >= 0.6 is 0 Å². The maximum atomic E-state index is 12.6. The van der Waals surface area contributed by atoms with Gasteiger partial charge in [-0.25, -0.2) is 4.68 Å². The first-order chi connectivity index (χ1) is 14.5. The molecule has 1 aromatic heterocycles. The molecule has 30 heavy (non-hydrogen) atoms. The number of hydrogen-bond acceptors (Lipinski definition) is 3. The summed E-state index contributed by atoms with van der Waals surface area (Å²) in [5.41, 5.74) is 4.66. The van der Waals surface area contributed by atoms with E-state index < -0.39 is 6.61 Å². The monoisotopic (exact) mass is 413 g/mol. The Balaban J connectivity index is 1.67. The third-order valence-corrected chi connectivity index (χ3v) is 4.53. The molecule has 0 spiro atoms. The van der Waals surface area contributed by atoms with Crippen molar-refractivity contribution < 1.29 is 13.5 Å². The molecule has 3 rings (SSSR count). The van der Waals surface area contributed by atoms with Crippen molar-refractivity contribution in [1.29, 1.82) is 0 Å². The Morgan fingerprint density at radius 2 is 1.67 bits per heavy atom. The van der Waals surface area contributed by atoms with E-state index in [4.69, 9.17) is 0 Å². The first kappa shape index (κ1) is 21.3. The summed E-state index contributed by atoms with van der Waals surface area (Å²) >= 11 is 0. The lowest BCUT2D eigenvalue weighted by Gasteiger charge is -2.16. The maximum absolute atomic E-state index is 12.6. The number of nitrogens with zero attached hydrogens (tertiary/aromatic N) is 3. The molecule has 0 saturated heterocycles. The molecule has 2 aromatic carbocycles. The van der Waals surface area contributed by atoms with Crippen molar-refractivity contribution in [2.75, 3.05) is 7.05 Å². The highest BCUT2D eigenvalue weighted by Gasteiger charge is 2.11. The fraction of sp³-hybridized carbons (Fsp3) is 0.273. The van der Waals surface area contributed by atoms with Crippen LogP contribution in [0, 0.1) is 13.8 Å². The summed E-state index contributed by atoms with van der Waals surface area (Å²) in [7, 11) is 1.66. The van der Waals surface area contributed by atoms with E-state index in [-0.39, 0.29) is 5.75 Å². The average molecular weight is 413 g/mol. The molecule has 0 unspecified atom stereocenters. The zero-order valence-corrected chi connectivity index (χ0v) is 17.2. The van der Waals surface area contributed by atoms with Crippen LogP contribution < -0.4 is 15.4 Å². The predicted molar refractivity (Wildman–Crippen MR) is 113 cm³/mol. The van der Waals surface area contributed by atoms with Crippen LogP contribution in [0.2, 0.25) is 0 Å². The molecule has 6 nitrogen and oxygen atoms in total. The number of aryl methyl sites for hydroxylation is 2. The van der Waals surface area contributed by atoms with Crippen molar-refractivity contribution in [2.24, 2.45) is 4.99 Å². The number of alkyl halides is 2. The number of aromatic nitrogens is 2. The van der Waals surface area contributed by atoms with E-state index in [0.29, 0.717) is 24.6 Å². The number of ether oxygens (including phenoxy) is 1. The summed E-state index contributed by atoms with van der Waals surface area (Å²) in [6, 6.07) is 16.7. The van der Waals surface area contributed by atoms with Gasteiger partial charge in [-0.3, -0.25) is 4.99 Å². The Labute approximate surface area is 174 Å². The molecule has 0 bridgehead atoms. The minimum Gasteiger partial charge on any atom is -0.434 e. The van der Waals surface area contributed by atoms with Gasteiger partial charge in [0.2, 0.25) is 0 Å². The van der Waals surface area contributed by atoms with Gasteiger partial charge in [-0.05, 0) is 37.6 Å². The van der Waals surface area contributed by atoms with Crippen LogP contribution in [-0.4, -0.2) is 29.4 Å². The van der Waals surface area contributed by atoms with E-state index in [1.54, 1.807) is 25.2 Å². The molecular formula is C22H25F2N5O. The molecule has 1 heterocycles. The fourth-order valence-electron chi connectivity index (χ4n) is 3.18. The Bertz CT molecular complexity index is 1020. The summed E-state index contributed by atoms with van der Waals surface area (Å²) < 4.78 is 31.7. The largest absolute Gasteiger partial charge is 0.434 e. The molecule has 0 atom stereocenters. The summed E-state index contributed by atoms with van der Waals surface area (Å²) in [5, 5.41) is 11.0. The average Bonchev–Trinajstić information content (AvgIpc) is 3.07. The Morgan fingerprint density at radius 3 is 2.30 bits per heavy atom. The maximum Gasteiger partial charge on any atom is 0.387 e. The van der Waals surface area contributed by atoms with E-state index in [9.17, 15) is 8.78 Å². The number of guanidine groups is 1. The predicted octanol–water partition coefficient (Wildman–Crippen LogP) is 3.96. The number of hydrogen-bond donors (Lipinski definition) is 2. The van der Waals surface area contributed by atoms with E-state index >= 15 is 0 Å². The highest BCUT2D eigenvalue weighted by Crippen LogP contribution is 2.20. The van der Waals surface area contributed by atoms with Crippen molar-refractivity contribution in [3.63, 3.8) is 0 Å². The second-order valence-corrected chi connectivity index (χ2v) is 6.73. The Hall–Kier alpha value is -3.42. The number of aliphatic imine (C=N–C) groups is 1. The number of nitrogens with one attached hydrogen (secondary N) is 2. The third kappa shape index (κ3) is 5.34. The van der Waals surface area contributed by atoms with Gasteiger partial charge in [0.1, 0.15) is 5.75 Å². The van der Waals surface area contributed by atoms with Gasteiger partial charge in [-0.2, -0.15) is 13.9 Å². The molecule has 158 valence electrons. The normalized spacial score (nSPS) is 11.6. The zero-order valence-electron chi connectivity index (χ0n) is 17.2. The van der Waals surface area contributed by atoms with Gasteiger partial charge in [-0.1, -0.05) is 36.4 Å². The molecule has 0 aliphatic heterocycles. The van der Waals surface area contributed by atoms with Crippen molar-refractivity contribution in [2.45, 2.75) is 33.5 Å². The van der Waals surface area contributed by atoms with Gasteiger partial charge in [-0.15, -0.1) is 0 Å². The molecule has 0 aliphatic carbocycles. The molecule has 2 N–H and O–H groups in total. The second-order valence-electron chi connectivity index (χ2n) is 6.73. The summed E-state index contributed by atoms with van der Waals surface area (Å²) in [4.78, 5) is 4.22. The van der Waals surface area contributed by atoms with Gasteiger partial charge in [0, 0.05) is 31.4 Å². The first-order valence-corrected chi connectivity index (χ1v) is 9.56.